The number of hydrogen-bond acceptors (Lipinski definition) is 6. The second-order valence-corrected chi connectivity index (χ2v) is 10.2. The molecule has 1 unspecified atom stereocenters. The largest absolute Gasteiger partial charge is 0.368 e. The molecule has 5 atom stereocenters. The topological polar surface area (TPSA) is 99.6 Å². The average Bonchev–Trinajstić information content (AvgIpc) is 2.77. The van der Waals surface area contributed by atoms with Crippen LogP contribution < -0.4 is 16.4 Å². The molecule has 1 aromatic heterocycles. The number of anilines is 2. The number of benzene rings is 1. The molecule has 1 heterocycles. The van der Waals surface area contributed by atoms with E-state index in [4.69, 9.17) is 17.3 Å². The summed E-state index contributed by atoms with van der Waals surface area (Å²) in [6.07, 6.45) is 8.74. The molecule has 0 amide bonds. The summed E-state index contributed by atoms with van der Waals surface area (Å²) in [7, 11) is 0. The lowest BCUT2D eigenvalue weighted by molar-refractivity contribution is -0.0591. The molecular formula is C24H29ClN6. The molecule has 162 valence electrons. The van der Waals surface area contributed by atoms with Crippen LogP contribution in [0.15, 0.2) is 30.5 Å². The van der Waals surface area contributed by atoms with Crippen LogP contribution in [-0.2, 0) is 6.42 Å². The van der Waals surface area contributed by atoms with Gasteiger partial charge in [-0.3, -0.25) is 0 Å². The van der Waals surface area contributed by atoms with Crippen molar-refractivity contribution in [2.75, 3.05) is 23.7 Å². The van der Waals surface area contributed by atoms with Gasteiger partial charge < -0.3 is 16.4 Å². The second kappa shape index (κ2) is 8.29. The number of rotatable bonds is 7. The lowest BCUT2D eigenvalue weighted by Crippen LogP contribution is -2.58. The molecule has 2 aromatic rings. The van der Waals surface area contributed by atoms with Gasteiger partial charge in [0.15, 0.2) is 0 Å². The molecule has 4 saturated carbocycles. The molecule has 7 heteroatoms. The highest BCUT2D eigenvalue weighted by Crippen LogP contribution is 2.59. The molecule has 4 aliphatic carbocycles. The first-order chi connectivity index (χ1) is 15.0. The van der Waals surface area contributed by atoms with Crippen LogP contribution in [0, 0.1) is 34.5 Å². The van der Waals surface area contributed by atoms with Crippen LogP contribution in [0.1, 0.15) is 43.2 Å². The highest BCUT2D eigenvalue weighted by atomic mass is 35.5. The van der Waals surface area contributed by atoms with Crippen molar-refractivity contribution in [2.45, 2.75) is 44.6 Å². The number of halogens is 1. The van der Waals surface area contributed by atoms with Crippen molar-refractivity contribution in [3.8, 4) is 6.07 Å². The standard InChI is InChI=1S/C24H29ClN6/c25-20-3-1-15(2-4-20)5-6-28-23-29-13-19(12-26)22(31-23)30-14-24-9-16-7-17(10-24)21(27)18(8-16)11-24/h1-4,13,16-18,21H,5-11,14,27H2,(H2,28,29,30,31)/t16?,17-,18+,21-,24-. The second-order valence-electron chi connectivity index (χ2n) is 9.77. The summed E-state index contributed by atoms with van der Waals surface area (Å²) in [5.74, 6) is 3.33. The minimum atomic E-state index is 0.298. The van der Waals surface area contributed by atoms with Gasteiger partial charge >= 0.3 is 0 Å². The molecule has 0 saturated heterocycles. The summed E-state index contributed by atoms with van der Waals surface area (Å²) >= 11 is 5.95. The molecule has 4 fully saturated rings. The Morgan fingerprint density at radius 3 is 2.58 bits per heavy atom. The van der Waals surface area contributed by atoms with E-state index in [1.54, 1.807) is 6.20 Å². The first-order valence-corrected chi connectivity index (χ1v) is 11.7. The fourth-order valence-corrected chi connectivity index (χ4v) is 6.50. The minimum absolute atomic E-state index is 0.298. The molecule has 0 radical (unpaired) electrons. The number of aromatic nitrogens is 2. The highest BCUT2D eigenvalue weighted by molar-refractivity contribution is 6.30. The Bertz CT molecular complexity index is 969. The van der Waals surface area contributed by atoms with Gasteiger partial charge in [-0.1, -0.05) is 23.7 Å². The average molecular weight is 437 g/mol. The maximum Gasteiger partial charge on any atom is 0.224 e. The molecule has 6 nitrogen and oxygen atoms in total. The predicted molar refractivity (Wildman–Crippen MR) is 123 cm³/mol. The third-order valence-electron chi connectivity index (χ3n) is 7.62. The normalized spacial score (nSPS) is 30.7. The minimum Gasteiger partial charge on any atom is -0.368 e. The van der Waals surface area contributed by atoms with Gasteiger partial charge in [0.2, 0.25) is 5.95 Å². The summed E-state index contributed by atoms with van der Waals surface area (Å²) < 4.78 is 0. The van der Waals surface area contributed by atoms with E-state index in [1.807, 2.05) is 24.3 Å². The van der Waals surface area contributed by atoms with Gasteiger partial charge in [0.05, 0.1) is 6.20 Å². The van der Waals surface area contributed by atoms with Crippen molar-refractivity contribution in [3.63, 3.8) is 0 Å². The summed E-state index contributed by atoms with van der Waals surface area (Å²) in [6.45, 7) is 1.57. The Hall–Kier alpha value is -2.36. The number of nitrogens with one attached hydrogen (secondary N) is 2. The number of nitrogens with zero attached hydrogens (tertiary/aromatic N) is 3. The zero-order valence-corrected chi connectivity index (χ0v) is 18.4. The summed E-state index contributed by atoms with van der Waals surface area (Å²) in [4.78, 5) is 8.94. The van der Waals surface area contributed by atoms with Crippen molar-refractivity contribution in [1.29, 1.82) is 5.26 Å². The zero-order chi connectivity index (χ0) is 21.4. The van der Waals surface area contributed by atoms with E-state index in [2.05, 4.69) is 26.7 Å². The Balaban J connectivity index is 1.23. The molecule has 4 bridgehead atoms. The third kappa shape index (κ3) is 4.22. The van der Waals surface area contributed by atoms with E-state index in [9.17, 15) is 5.26 Å². The van der Waals surface area contributed by atoms with Crippen molar-refractivity contribution in [1.82, 2.24) is 9.97 Å². The van der Waals surface area contributed by atoms with Crippen molar-refractivity contribution >= 4 is 23.4 Å². The highest BCUT2D eigenvalue weighted by Gasteiger charge is 2.54. The van der Waals surface area contributed by atoms with Gasteiger partial charge in [0.1, 0.15) is 17.5 Å². The molecule has 0 spiro atoms. The van der Waals surface area contributed by atoms with Gasteiger partial charge in [0, 0.05) is 24.2 Å². The molecule has 0 aliphatic heterocycles. The van der Waals surface area contributed by atoms with E-state index >= 15 is 0 Å². The van der Waals surface area contributed by atoms with Gasteiger partial charge in [0.25, 0.3) is 0 Å². The Kier molecular flexibility index (Phi) is 5.49. The monoisotopic (exact) mass is 436 g/mol. The van der Waals surface area contributed by atoms with Crippen LogP contribution in [0.25, 0.3) is 0 Å². The lowest BCUT2D eigenvalue weighted by atomic mass is 9.48. The summed E-state index contributed by atoms with van der Waals surface area (Å²) in [5.41, 5.74) is 8.48. The Morgan fingerprint density at radius 2 is 1.87 bits per heavy atom. The van der Waals surface area contributed by atoms with Crippen LogP contribution in [0.3, 0.4) is 0 Å². The quantitative estimate of drug-likeness (QED) is 0.600. The molecular weight excluding hydrogens is 408 g/mol. The Labute approximate surface area is 188 Å². The summed E-state index contributed by atoms with van der Waals surface area (Å²) in [5, 5.41) is 17.1. The lowest BCUT2D eigenvalue weighted by Gasteiger charge is -2.59. The van der Waals surface area contributed by atoms with Crippen molar-refractivity contribution in [2.24, 2.45) is 28.9 Å². The number of nitriles is 1. The van der Waals surface area contributed by atoms with Crippen LogP contribution in [-0.4, -0.2) is 29.1 Å². The van der Waals surface area contributed by atoms with Crippen LogP contribution in [0.5, 0.6) is 0 Å². The maximum absolute atomic E-state index is 9.53. The molecule has 4 aliphatic rings. The fourth-order valence-electron chi connectivity index (χ4n) is 6.37. The summed E-state index contributed by atoms with van der Waals surface area (Å²) in [6, 6.07) is 10.5. The third-order valence-corrected chi connectivity index (χ3v) is 7.87. The van der Waals surface area contributed by atoms with Gasteiger partial charge in [-0.15, -0.1) is 0 Å². The van der Waals surface area contributed by atoms with E-state index < -0.39 is 0 Å². The SMILES string of the molecule is N#Cc1cnc(NCCc2ccc(Cl)cc2)nc1NC[C@]12CC3C[C@H](C1)[C@@H](N)[C@@H](C3)C2. The van der Waals surface area contributed by atoms with E-state index in [1.165, 1.54) is 37.7 Å². The zero-order valence-electron chi connectivity index (χ0n) is 17.6. The molecule has 31 heavy (non-hydrogen) atoms. The van der Waals surface area contributed by atoms with Crippen molar-refractivity contribution in [3.05, 3.63) is 46.6 Å². The van der Waals surface area contributed by atoms with Crippen LogP contribution >= 0.6 is 11.6 Å². The maximum atomic E-state index is 9.53. The van der Waals surface area contributed by atoms with Gasteiger partial charge in [-0.2, -0.15) is 10.2 Å². The first-order valence-electron chi connectivity index (χ1n) is 11.3. The number of hydrogen-bond donors (Lipinski definition) is 3. The van der Waals surface area contributed by atoms with E-state index in [-0.39, 0.29) is 0 Å². The van der Waals surface area contributed by atoms with Gasteiger partial charge in [-0.25, -0.2) is 4.98 Å². The molecule has 4 N–H and O–H groups in total. The van der Waals surface area contributed by atoms with E-state index in [0.29, 0.717) is 47.2 Å². The van der Waals surface area contributed by atoms with Crippen LogP contribution in [0.4, 0.5) is 11.8 Å². The first kappa shape index (κ1) is 20.5. The smallest absolute Gasteiger partial charge is 0.224 e. The number of nitrogens with two attached hydrogens (primary N) is 1. The predicted octanol–water partition coefficient (Wildman–Crippen LogP) is 4.22. The molecule has 1 aromatic carbocycles. The molecule has 6 rings (SSSR count). The van der Waals surface area contributed by atoms with Crippen LogP contribution in [0.2, 0.25) is 5.02 Å². The van der Waals surface area contributed by atoms with E-state index in [0.717, 1.165) is 23.9 Å². The fraction of sp³-hybridized carbons (Fsp3) is 0.542. The van der Waals surface area contributed by atoms with Gasteiger partial charge in [-0.05, 0) is 79.4 Å². The Morgan fingerprint density at radius 1 is 1.13 bits per heavy atom. The van der Waals surface area contributed by atoms with Crippen molar-refractivity contribution < 1.29 is 0 Å².